The molecule has 0 aromatic carbocycles. The zero-order valence-corrected chi connectivity index (χ0v) is 18.0. The molecule has 1 aliphatic carbocycles. The highest BCUT2D eigenvalue weighted by Gasteiger charge is 2.42. The maximum atomic E-state index is 12.6. The highest BCUT2D eigenvalue weighted by atomic mass is 19.3. The van der Waals surface area contributed by atoms with E-state index in [4.69, 9.17) is 5.11 Å². The number of rotatable bonds is 9. The van der Waals surface area contributed by atoms with Crippen LogP contribution < -0.4 is 10.6 Å². The van der Waals surface area contributed by atoms with Crippen molar-refractivity contribution in [3.63, 3.8) is 0 Å². The summed E-state index contributed by atoms with van der Waals surface area (Å²) in [6.45, 7) is 0.766. The fourth-order valence-electron chi connectivity index (χ4n) is 3.26. The molecule has 3 rings (SSSR count). The van der Waals surface area contributed by atoms with Gasteiger partial charge in [0, 0.05) is 31.3 Å². The van der Waals surface area contributed by atoms with Crippen molar-refractivity contribution in [2.45, 2.75) is 25.8 Å². The minimum absolute atomic E-state index is 0.0164. The predicted octanol–water partition coefficient (Wildman–Crippen LogP) is 1.50. The first-order valence-electron chi connectivity index (χ1n) is 10.2. The van der Waals surface area contributed by atoms with E-state index in [2.05, 4.69) is 25.6 Å². The van der Waals surface area contributed by atoms with E-state index in [0.29, 0.717) is 17.7 Å². The summed E-state index contributed by atoms with van der Waals surface area (Å²) in [6.07, 6.45) is 2.19. The first kappa shape index (κ1) is 23.9. The molecule has 2 amide bonds. The molecule has 2 aromatic rings. The van der Waals surface area contributed by atoms with Crippen LogP contribution >= 0.6 is 0 Å². The number of nitrogens with zero attached hydrogens (tertiary/aromatic N) is 5. The Morgan fingerprint density at radius 2 is 2.06 bits per heavy atom. The first-order chi connectivity index (χ1) is 15.7. The maximum absolute atomic E-state index is 12.6. The molecule has 1 saturated carbocycles. The van der Waals surface area contributed by atoms with E-state index in [1.165, 1.54) is 32.6 Å². The van der Waals surface area contributed by atoms with Crippen molar-refractivity contribution in [3.8, 4) is 17.3 Å². The molecule has 0 saturated heterocycles. The van der Waals surface area contributed by atoms with E-state index < -0.39 is 24.9 Å². The van der Waals surface area contributed by atoms with Gasteiger partial charge in [-0.1, -0.05) is 0 Å². The highest BCUT2D eigenvalue weighted by molar-refractivity contribution is 5.93. The van der Waals surface area contributed by atoms with Crippen molar-refractivity contribution in [2.24, 2.45) is 11.8 Å². The van der Waals surface area contributed by atoms with Crippen LogP contribution in [0.25, 0.3) is 11.3 Å². The second-order valence-electron chi connectivity index (χ2n) is 7.77. The molecule has 1 fully saturated rings. The lowest BCUT2D eigenvalue weighted by molar-refractivity contribution is -0.132. The van der Waals surface area contributed by atoms with Crippen LogP contribution in [0, 0.1) is 23.2 Å². The Kier molecular flexibility index (Phi) is 7.44. The topological polar surface area (TPSA) is 144 Å². The number of carbonyl (C=O) groups is 2. The van der Waals surface area contributed by atoms with Gasteiger partial charge >= 0.3 is 0 Å². The summed E-state index contributed by atoms with van der Waals surface area (Å²) in [6, 6.07) is 2.59. The van der Waals surface area contributed by atoms with Gasteiger partial charge in [-0.05, 0) is 25.3 Å². The van der Waals surface area contributed by atoms with E-state index in [9.17, 15) is 23.6 Å². The number of aliphatic hydroxyl groups is 1. The van der Waals surface area contributed by atoms with Crippen LogP contribution in [-0.4, -0.2) is 69.4 Å². The number of alkyl halides is 2. The summed E-state index contributed by atoms with van der Waals surface area (Å²) in [5.74, 6) is -0.773. The van der Waals surface area contributed by atoms with Gasteiger partial charge in [0.15, 0.2) is 11.5 Å². The Bertz CT molecular complexity index is 1060. The largest absolute Gasteiger partial charge is 0.396 e. The van der Waals surface area contributed by atoms with Crippen molar-refractivity contribution < 1.29 is 23.5 Å². The molecule has 3 atom stereocenters. The molecule has 2 aromatic heterocycles. The summed E-state index contributed by atoms with van der Waals surface area (Å²) in [5, 5.41) is 23.9. The van der Waals surface area contributed by atoms with E-state index in [-0.39, 0.29) is 41.5 Å². The molecule has 174 valence electrons. The highest BCUT2D eigenvalue weighted by Crippen LogP contribution is 2.38. The van der Waals surface area contributed by atoms with Crippen LogP contribution in [0.4, 0.5) is 20.3 Å². The van der Waals surface area contributed by atoms with Crippen molar-refractivity contribution >= 4 is 23.3 Å². The lowest BCUT2D eigenvalue weighted by Crippen LogP contribution is -2.41. The van der Waals surface area contributed by atoms with Gasteiger partial charge < -0.3 is 20.6 Å². The van der Waals surface area contributed by atoms with Crippen LogP contribution in [0.3, 0.4) is 0 Å². The number of aliphatic hydroxyl groups excluding tert-OH is 1. The van der Waals surface area contributed by atoms with Crippen LogP contribution in [0.2, 0.25) is 0 Å². The summed E-state index contributed by atoms with van der Waals surface area (Å²) < 4.78 is 25.1. The van der Waals surface area contributed by atoms with Crippen LogP contribution in [-0.2, 0) is 9.59 Å². The van der Waals surface area contributed by atoms with Gasteiger partial charge in [-0.2, -0.15) is 5.26 Å². The Labute approximate surface area is 188 Å². The maximum Gasteiger partial charge on any atom is 0.255 e. The number of anilines is 2. The van der Waals surface area contributed by atoms with Crippen molar-refractivity contribution in [2.75, 3.05) is 30.8 Å². The third-order valence-electron chi connectivity index (χ3n) is 5.22. The molecule has 2 unspecified atom stereocenters. The van der Waals surface area contributed by atoms with Gasteiger partial charge in [-0.25, -0.2) is 18.7 Å². The molecule has 12 heteroatoms. The van der Waals surface area contributed by atoms with E-state index >= 15 is 0 Å². The number of nitriles is 1. The molecule has 0 aliphatic heterocycles. The van der Waals surface area contributed by atoms with E-state index in [1.54, 1.807) is 6.07 Å². The third-order valence-corrected chi connectivity index (χ3v) is 5.22. The Hall–Kier alpha value is -3.72. The third kappa shape index (κ3) is 5.95. The lowest BCUT2D eigenvalue weighted by Gasteiger charge is -2.22. The SMILES string of the molecule is C[C@H](Nc1cc(-c2cnc(NC(=O)C3CC3CO)cn2)cnc1C#N)C(=O)N(C)CC(F)F. The number of halogens is 2. The normalized spacial score (nSPS) is 17.7. The molecule has 1 aliphatic rings. The van der Waals surface area contributed by atoms with Gasteiger partial charge in [0.2, 0.25) is 11.8 Å². The fraction of sp³-hybridized carbons (Fsp3) is 0.429. The monoisotopic (exact) mass is 459 g/mol. The van der Waals surface area contributed by atoms with Gasteiger partial charge in [0.1, 0.15) is 12.1 Å². The summed E-state index contributed by atoms with van der Waals surface area (Å²) >= 11 is 0. The first-order valence-corrected chi connectivity index (χ1v) is 10.2. The summed E-state index contributed by atoms with van der Waals surface area (Å²) in [5.41, 5.74) is 1.16. The minimum Gasteiger partial charge on any atom is -0.396 e. The van der Waals surface area contributed by atoms with E-state index in [1.807, 2.05) is 6.07 Å². The van der Waals surface area contributed by atoms with Crippen molar-refractivity contribution in [1.82, 2.24) is 19.9 Å². The van der Waals surface area contributed by atoms with E-state index in [0.717, 1.165) is 4.90 Å². The molecule has 33 heavy (non-hydrogen) atoms. The number of carbonyl (C=O) groups excluding carboxylic acids is 2. The van der Waals surface area contributed by atoms with Crippen LogP contribution in [0.1, 0.15) is 19.0 Å². The molecule has 0 spiro atoms. The van der Waals surface area contributed by atoms with Gasteiger partial charge in [-0.3, -0.25) is 14.6 Å². The smallest absolute Gasteiger partial charge is 0.255 e. The van der Waals surface area contributed by atoms with Crippen molar-refractivity contribution in [1.29, 1.82) is 5.26 Å². The number of amides is 2. The van der Waals surface area contributed by atoms with Gasteiger partial charge in [-0.15, -0.1) is 0 Å². The molecule has 3 N–H and O–H groups in total. The molecular weight excluding hydrogens is 436 g/mol. The second kappa shape index (κ2) is 10.3. The molecule has 10 nitrogen and oxygen atoms in total. The summed E-state index contributed by atoms with van der Waals surface area (Å²) in [7, 11) is 1.27. The average Bonchev–Trinajstić information content (AvgIpc) is 3.59. The standard InChI is InChI=1S/C21H23F2N7O3/c1-11(21(33)30(2)9-18(22)23)28-15-4-12(6-25-16(15)5-24)17-7-27-19(8-26-17)29-20(32)14-3-13(14)10-31/h4,6-8,11,13-14,18,28,31H,3,9-10H2,1-2H3,(H,27,29,32)/t11-,13?,14?/m0/s1. The Morgan fingerprint density at radius 3 is 2.64 bits per heavy atom. The zero-order valence-electron chi connectivity index (χ0n) is 18.0. The molecule has 0 bridgehead atoms. The number of hydrogen-bond acceptors (Lipinski definition) is 8. The predicted molar refractivity (Wildman–Crippen MR) is 114 cm³/mol. The van der Waals surface area contributed by atoms with Gasteiger partial charge in [0.05, 0.1) is 30.3 Å². The van der Waals surface area contributed by atoms with Crippen LogP contribution in [0.15, 0.2) is 24.7 Å². The molecular formula is C21H23F2N7O3. The number of pyridine rings is 1. The average molecular weight is 459 g/mol. The summed E-state index contributed by atoms with van der Waals surface area (Å²) in [4.78, 5) is 37.8. The number of hydrogen-bond donors (Lipinski definition) is 3. The second-order valence-corrected chi connectivity index (χ2v) is 7.77. The van der Waals surface area contributed by atoms with Gasteiger partial charge in [0.25, 0.3) is 6.43 Å². The molecule has 0 radical (unpaired) electrons. The quantitative estimate of drug-likeness (QED) is 0.512. The number of aromatic nitrogens is 3. The Balaban J connectivity index is 1.71. The lowest BCUT2D eigenvalue weighted by atomic mass is 10.1. The minimum atomic E-state index is -2.66. The fourth-order valence-corrected chi connectivity index (χ4v) is 3.26. The zero-order chi connectivity index (χ0) is 24.1. The Morgan fingerprint density at radius 1 is 1.30 bits per heavy atom. The van der Waals surface area contributed by atoms with Crippen LogP contribution in [0.5, 0.6) is 0 Å². The molecule has 2 heterocycles. The number of nitrogens with one attached hydrogen (secondary N) is 2. The number of likely N-dealkylation sites (N-methyl/N-ethyl adjacent to an activating group) is 1. The van der Waals surface area contributed by atoms with Crippen molar-refractivity contribution in [3.05, 3.63) is 30.4 Å².